The lowest BCUT2D eigenvalue weighted by Crippen LogP contribution is -2.40. The summed E-state index contributed by atoms with van der Waals surface area (Å²) in [4.78, 5) is 23.9. The van der Waals surface area contributed by atoms with Gasteiger partial charge in [-0.05, 0) is 12.5 Å². The van der Waals surface area contributed by atoms with Crippen LogP contribution >= 0.6 is 0 Å². The molecule has 1 heterocycles. The largest absolute Gasteiger partial charge is 0.480 e. The molecule has 0 aromatic heterocycles. The second-order valence-corrected chi connectivity index (χ2v) is 4.94. The highest BCUT2D eigenvalue weighted by Gasteiger charge is 2.39. The summed E-state index contributed by atoms with van der Waals surface area (Å²) in [5, 5.41) is 18.5. The molecule has 2 atom stereocenters. The number of likely N-dealkylation sites (tertiary alicyclic amines) is 1. The number of amides is 1. The number of benzene rings is 1. The first-order valence-corrected chi connectivity index (χ1v) is 6.37. The van der Waals surface area contributed by atoms with Crippen molar-refractivity contribution in [3.63, 3.8) is 0 Å². The lowest BCUT2D eigenvalue weighted by Gasteiger charge is -2.20. The number of aliphatic hydroxyl groups excluding tert-OH is 1. The number of carbonyl (C=O) groups excluding carboxylic acids is 1. The molecular weight excluding hydrogens is 262 g/mol. The van der Waals surface area contributed by atoms with E-state index in [1.165, 1.54) is 0 Å². The fourth-order valence-corrected chi connectivity index (χ4v) is 2.16. The number of aliphatic carboxylic acids is 1. The quantitative estimate of drug-likeness (QED) is 0.866. The van der Waals surface area contributed by atoms with E-state index in [-0.39, 0.29) is 19.6 Å². The van der Waals surface area contributed by atoms with E-state index >= 15 is 0 Å². The predicted octanol–water partition coefficient (Wildman–Crippen LogP) is 1.15. The number of aryl methyl sites for hydroxylation is 1. The molecule has 1 fully saturated rings. The topological polar surface area (TPSA) is 87.1 Å². The SMILES string of the molecule is Cc1ccc(COC(=O)N2CC(O)CC2C(=O)O)cc1. The minimum atomic E-state index is -1.13. The minimum Gasteiger partial charge on any atom is -0.480 e. The number of rotatable bonds is 3. The zero-order valence-corrected chi connectivity index (χ0v) is 11.2. The molecule has 0 spiro atoms. The van der Waals surface area contributed by atoms with Crippen LogP contribution in [0.2, 0.25) is 0 Å². The first-order chi connectivity index (χ1) is 9.47. The molecule has 1 aliphatic rings. The van der Waals surface area contributed by atoms with E-state index in [1.807, 2.05) is 31.2 Å². The van der Waals surface area contributed by atoms with Gasteiger partial charge in [0.15, 0.2) is 0 Å². The Bertz CT molecular complexity index is 499. The smallest absolute Gasteiger partial charge is 0.410 e. The van der Waals surface area contributed by atoms with Gasteiger partial charge in [-0.25, -0.2) is 9.59 Å². The van der Waals surface area contributed by atoms with E-state index in [2.05, 4.69) is 0 Å². The van der Waals surface area contributed by atoms with Gasteiger partial charge in [0.05, 0.1) is 12.6 Å². The molecule has 0 saturated carbocycles. The molecule has 1 amide bonds. The van der Waals surface area contributed by atoms with Crippen LogP contribution in [0.25, 0.3) is 0 Å². The van der Waals surface area contributed by atoms with Crippen LogP contribution in [0.5, 0.6) is 0 Å². The number of carboxylic acid groups (broad SMARTS) is 1. The number of carbonyl (C=O) groups is 2. The van der Waals surface area contributed by atoms with Crippen LogP contribution in [0.15, 0.2) is 24.3 Å². The Hall–Kier alpha value is -2.08. The zero-order chi connectivity index (χ0) is 14.7. The highest BCUT2D eigenvalue weighted by atomic mass is 16.6. The molecule has 2 unspecified atom stereocenters. The van der Waals surface area contributed by atoms with E-state index in [9.17, 15) is 14.7 Å². The zero-order valence-electron chi connectivity index (χ0n) is 11.2. The second kappa shape index (κ2) is 5.92. The molecule has 6 heteroatoms. The summed E-state index contributed by atoms with van der Waals surface area (Å²) in [7, 11) is 0. The molecule has 108 valence electrons. The molecule has 2 N–H and O–H groups in total. The number of hydrogen-bond acceptors (Lipinski definition) is 4. The van der Waals surface area contributed by atoms with Gasteiger partial charge in [-0.3, -0.25) is 4.90 Å². The third kappa shape index (κ3) is 3.27. The molecule has 1 saturated heterocycles. The van der Waals surface area contributed by atoms with E-state index in [0.29, 0.717) is 0 Å². The van der Waals surface area contributed by atoms with Crippen LogP contribution in [0.4, 0.5) is 4.79 Å². The van der Waals surface area contributed by atoms with Gasteiger partial charge >= 0.3 is 12.1 Å². The minimum absolute atomic E-state index is 0.0102. The standard InChI is InChI=1S/C14H17NO5/c1-9-2-4-10(5-3-9)8-20-14(19)15-7-11(16)6-12(15)13(17)18/h2-5,11-12,16H,6-8H2,1H3,(H,17,18). The predicted molar refractivity (Wildman–Crippen MR) is 70.1 cm³/mol. The third-order valence-corrected chi connectivity index (χ3v) is 3.28. The third-order valence-electron chi connectivity index (χ3n) is 3.28. The molecule has 1 aliphatic heterocycles. The molecule has 20 heavy (non-hydrogen) atoms. The molecule has 1 aromatic carbocycles. The van der Waals surface area contributed by atoms with Crippen molar-refractivity contribution >= 4 is 12.1 Å². The molecule has 0 bridgehead atoms. The van der Waals surface area contributed by atoms with Gasteiger partial charge in [0.1, 0.15) is 12.6 Å². The van der Waals surface area contributed by atoms with E-state index in [1.54, 1.807) is 0 Å². The fraction of sp³-hybridized carbons (Fsp3) is 0.429. The summed E-state index contributed by atoms with van der Waals surface area (Å²) in [6.07, 6.45) is -1.49. The Labute approximate surface area is 116 Å². The summed E-state index contributed by atoms with van der Waals surface area (Å²) < 4.78 is 5.09. The van der Waals surface area contributed by atoms with Crippen LogP contribution < -0.4 is 0 Å². The van der Waals surface area contributed by atoms with Gasteiger partial charge in [0.2, 0.25) is 0 Å². The van der Waals surface area contributed by atoms with Gasteiger partial charge in [-0.1, -0.05) is 29.8 Å². The monoisotopic (exact) mass is 279 g/mol. The summed E-state index contributed by atoms with van der Waals surface area (Å²) in [5.41, 5.74) is 1.93. The van der Waals surface area contributed by atoms with Crippen LogP contribution in [0.1, 0.15) is 17.5 Å². The van der Waals surface area contributed by atoms with Crippen molar-refractivity contribution in [1.82, 2.24) is 4.90 Å². The van der Waals surface area contributed by atoms with Crippen molar-refractivity contribution in [1.29, 1.82) is 0 Å². The molecule has 2 rings (SSSR count). The van der Waals surface area contributed by atoms with Gasteiger partial charge in [-0.15, -0.1) is 0 Å². The van der Waals surface area contributed by atoms with Crippen LogP contribution in [0, 0.1) is 6.92 Å². The first kappa shape index (κ1) is 14.3. The Kier molecular flexibility index (Phi) is 4.24. The Balaban J connectivity index is 1.94. The lowest BCUT2D eigenvalue weighted by molar-refractivity contribution is -0.141. The average molecular weight is 279 g/mol. The van der Waals surface area contributed by atoms with Crippen LogP contribution in [-0.4, -0.2) is 45.9 Å². The summed E-state index contributed by atoms with van der Waals surface area (Å²) >= 11 is 0. The van der Waals surface area contributed by atoms with Crippen molar-refractivity contribution < 1.29 is 24.5 Å². The molecular formula is C14H17NO5. The van der Waals surface area contributed by atoms with E-state index in [0.717, 1.165) is 16.0 Å². The first-order valence-electron chi connectivity index (χ1n) is 6.37. The Morgan fingerprint density at radius 1 is 1.35 bits per heavy atom. The maximum absolute atomic E-state index is 11.9. The average Bonchev–Trinajstić information content (AvgIpc) is 2.80. The second-order valence-electron chi connectivity index (χ2n) is 4.94. The number of carboxylic acids is 1. The van der Waals surface area contributed by atoms with Crippen LogP contribution in [-0.2, 0) is 16.1 Å². The molecule has 0 aliphatic carbocycles. The van der Waals surface area contributed by atoms with Crippen molar-refractivity contribution in [3.05, 3.63) is 35.4 Å². The van der Waals surface area contributed by atoms with Crippen molar-refractivity contribution in [2.45, 2.75) is 32.1 Å². The number of β-amino-alcohol motifs (C(OH)–C–C–N with tert-alkyl or cyclic N) is 1. The highest BCUT2D eigenvalue weighted by Crippen LogP contribution is 2.19. The van der Waals surface area contributed by atoms with Crippen molar-refractivity contribution in [3.8, 4) is 0 Å². The molecule has 0 radical (unpaired) electrons. The van der Waals surface area contributed by atoms with Gasteiger partial charge < -0.3 is 14.9 Å². The lowest BCUT2D eigenvalue weighted by atomic mass is 10.2. The summed E-state index contributed by atoms with van der Waals surface area (Å²) in [6, 6.07) is 6.48. The van der Waals surface area contributed by atoms with Crippen molar-refractivity contribution in [2.24, 2.45) is 0 Å². The number of hydrogen-bond donors (Lipinski definition) is 2. The number of aliphatic hydroxyl groups is 1. The fourth-order valence-electron chi connectivity index (χ4n) is 2.16. The number of nitrogens with zero attached hydrogens (tertiary/aromatic N) is 1. The normalized spacial score (nSPS) is 21.8. The van der Waals surface area contributed by atoms with Crippen LogP contribution in [0.3, 0.4) is 0 Å². The van der Waals surface area contributed by atoms with Gasteiger partial charge in [-0.2, -0.15) is 0 Å². The maximum Gasteiger partial charge on any atom is 0.410 e. The summed E-state index contributed by atoms with van der Waals surface area (Å²) in [5.74, 6) is -1.13. The van der Waals surface area contributed by atoms with Crippen molar-refractivity contribution in [2.75, 3.05) is 6.54 Å². The number of ether oxygens (including phenoxy) is 1. The molecule has 1 aromatic rings. The molecule has 6 nitrogen and oxygen atoms in total. The Morgan fingerprint density at radius 3 is 2.60 bits per heavy atom. The van der Waals surface area contributed by atoms with E-state index in [4.69, 9.17) is 9.84 Å². The highest BCUT2D eigenvalue weighted by molar-refractivity contribution is 5.80. The maximum atomic E-state index is 11.9. The Morgan fingerprint density at radius 2 is 2.00 bits per heavy atom. The van der Waals surface area contributed by atoms with Gasteiger partial charge in [0.25, 0.3) is 0 Å². The van der Waals surface area contributed by atoms with Gasteiger partial charge in [0, 0.05) is 6.42 Å². The van der Waals surface area contributed by atoms with E-state index < -0.39 is 24.2 Å². The summed E-state index contributed by atoms with van der Waals surface area (Å²) in [6.45, 7) is 2.03.